The van der Waals surface area contributed by atoms with E-state index in [0.29, 0.717) is 19.4 Å². The first-order valence-electron chi connectivity index (χ1n) is 9.17. The number of alkyl halides is 3. The SMILES string of the molecule is NC1(CO)CCCN1c1ncnc2c1ncn2C1OC(CO)C(O)[C@]1(O)C(F)(F)F. The first-order chi connectivity index (χ1) is 14.1. The molecule has 0 radical (unpaired) electrons. The average Bonchev–Trinajstić information content (AvgIpc) is 3.37. The molecule has 4 rings (SSSR count). The average molecular weight is 434 g/mol. The van der Waals surface area contributed by atoms with Gasteiger partial charge in [0.2, 0.25) is 5.60 Å². The summed E-state index contributed by atoms with van der Waals surface area (Å²) >= 11 is 0. The Balaban J connectivity index is 1.83. The maximum atomic E-state index is 13.7. The van der Waals surface area contributed by atoms with Crippen LogP contribution in [-0.2, 0) is 4.74 Å². The molecule has 2 aromatic rings. The van der Waals surface area contributed by atoms with E-state index in [1.807, 2.05) is 0 Å². The molecular formula is C16H21F3N6O5. The number of nitrogens with two attached hydrogens (primary N) is 1. The van der Waals surface area contributed by atoms with Gasteiger partial charge in [-0.2, -0.15) is 13.2 Å². The number of ether oxygens (including phenoxy) is 1. The van der Waals surface area contributed by atoms with E-state index >= 15 is 0 Å². The summed E-state index contributed by atoms with van der Waals surface area (Å²) < 4.78 is 47.2. The zero-order valence-corrected chi connectivity index (χ0v) is 15.6. The fraction of sp³-hybridized carbons (Fsp3) is 0.688. The lowest BCUT2D eigenvalue weighted by molar-refractivity contribution is -0.303. The Bertz CT molecular complexity index is 944. The molecule has 0 aliphatic carbocycles. The van der Waals surface area contributed by atoms with Crippen molar-refractivity contribution >= 4 is 17.0 Å². The van der Waals surface area contributed by atoms with Crippen LogP contribution in [-0.4, -0.2) is 89.4 Å². The smallest absolute Gasteiger partial charge is 0.394 e. The van der Waals surface area contributed by atoms with Gasteiger partial charge in [-0.25, -0.2) is 15.0 Å². The molecule has 2 aromatic heterocycles. The second-order valence-electron chi connectivity index (χ2n) is 7.52. The Morgan fingerprint density at radius 3 is 2.63 bits per heavy atom. The van der Waals surface area contributed by atoms with E-state index in [-0.39, 0.29) is 23.6 Å². The first-order valence-corrected chi connectivity index (χ1v) is 9.17. The molecule has 0 bridgehead atoms. The zero-order chi connectivity index (χ0) is 21.9. The molecule has 2 fully saturated rings. The van der Waals surface area contributed by atoms with Crippen LogP contribution in [0.1, 0.15) is 19.1 Å². The van der Waals surface area contributed by atoms with Crippen molar-refractivity contribution in [1.82, 2.24) is 19.5 Å². The summed E-state index contributed by atoms with van der Waals surface area (Å²) in [5.74, 6) is 0.209. The molecule has 0 spiro atoms. The minimum Gasteiger partial charge on any atom is -0.394 e. The fourth-order valence-corrected chi connectivity index (χ4v) is 4.09. The van der Waals surface area contributed by atoms with Gasteiger partial charge in [0, 0.05) is 6.54 Å². The van der Waals surface area contributed by atoms with Gasteiger partial charge in [0.15, 0.2) is 23.2 Å². The first kappa shape index (κ1) is 21.1. The second kappa shape index (κ2) is 6.96. The summed E-state index contributed by atoms with van der Waals surface area (Å²) in [7, 11) is 0. The van der Waals surface area contributed by atoms with Crippen LogP contribution in [0.5, 0.6) is 0 Å². The zero-order valence-electron chi connectivity index (χ0n) is 15.6. The maximum absolute atomic E-state index is 13.7. The molecule has 2 aliphatic rings. The van der Waals surface area contributed by atoms with Gasteiger partial charge < -0.3 is 35.8 Å². The third-order valence-corrected chi connectivity index (χ3v) is 5.77. The van der Waals surface area contributed by atoms with E-state index in [4.69, 9.17) is 10.5 Å². The van der Waals surface area contributed by atoms with E-state index in [9.17, 15) is 33.6 Å². The third kappa shape index (κ3) is 2.79. The number of hydrogen-bond donors (Lipinski definition) is 5. The number of imidazole rings is 1. The number of aromatic nitrogens is 4. The van der Waals surface area contributed by atoms with Gasteiger partial charge in [0.25, 0.3) is 0 Å². The molecule has 166 valence electrons. The van der Waals surface area contributed by atoms with Crippen LogP contribution in [0.3, 0.4) is 0 Å². The molecule has 4 unspecified atom stereocenters. The number of rotatable bonds is 4. The molecular weight excluding hydrogens is 413 g/mol. The normalized spacial score (nSPS) is 34.9. The quantitative estimate of drug-likeness (QED) is 0.387. The largest absolute Gasteiger partial charge is 0.424 e. The molecule has 2 aliphatic heterocycles. The van der Waals surface area contributed by atoms with Gasteiger partial charge in [0.1, 0.15) is 24.2 Å². The number of halogens is 3. The fourth-order valence-electron chi connectivity index (χ4n) is 4.09. The summed E-state index contributed by atoms with van der Waals surface area (Å²) in [6, 6.07) is 0. The number of nitrogens with zero attached hydrogens (tertiary/aromatic N) is 5. The molecule has 30 heavy (non-hydrogen) atoms. The van der Waals surface area contributed by atoms with Crippen molar-refractivity contribution in [3.63, 3.8) is 0 Å². The van der Waals surface area contributed by atoms with Gasteiger partial charge in [0.05, 0.1) is 19.5 Å². The van der Waals surface area contributed by atoms with Crippen molar-refractivity contribution in [2.75, 3.05) is 24.7 Å². The van der Waals surface area contributed by atoms with Crippen molar-refractivity contribution in [2.24, 2.45) is 5.73 Å². The Morgan fingerprint density at radius 2 is 2.00 bits per heavy atom. The number of anilines is 1. The summed E-state index contributed by atoms with van der Waals surface area (Å²) in [4.78, 5) is 13.8. The van der Waals surface area contributed by atoms with E-state index in [1.165, 1.54) is 0 Å². The molecule has 6 N–H and O–H groups in total. The monoisotopic (exact) mass is 434 g/mol. The molecule has 0 aromatic carbocycles. The lowest BCUT2D eigenvalue weighted by Gasteiger charge is -2.34. The van der Waals surface area contributed by atoms with Gasteiger partial charge in [-0.15, -0.1) is 0 Å². The van der Waals surface area contributed by atoms with Crippen LogP contribution >= 0.6 is 0 Å². The van der Waals surface area contributed by atoms with Crippen LogP contribution in [0.2, 0.25) is 0 Å². The second-order valence-corrected chi connectivity index (χ2v) is 7.52. The van der Waals surface area contributed by atoms with Crippen LogP contribution in [0.25, 0.3) is 11.2 Å². The van der Waals surface area contributed by atoms with E-state index in [1.54, 1.807) is 4.90 Å². The minimum atomic E-state index is -5.29. The highest BCUT2D eigenvalue weighted by Crippen LogP contribution is 2.49. The third-order valence-electron chi connectivity index (χ3n) is 5.77. The van der Waals surface area contributed by atoms with Crippen LogP contribution < -0.4 is 10.6 Å². The molecule has 0 amide bonds. The van der Waals surface area contributed by atoms with Crippen molar-refractivity contribution in [3.8, 4) is 0 Å². The molecule has 11 nitrogen and oxygen atoms in total. The highest BCUT2D eigenvalue weighted by molar-refractivity contribution is 5.84. The lowest BCUT2D eigenvalue weighted by atomic mass is 9.93. The molecule has 0 saturated carbocycles. The van der Waals surface area contributed by atoms with Gasteiger partial charge >= 0.3 is 6.18 Å². The Labute approximate surface area is 167 Å². The van der Waals surface area contributed by atoms with Crippen molar-refractivity contribution < 1.29 is 38.3 Å². The number of aliphatic hydroxyl groups excluding tert-OH is 3. The highest BCUT2D eigenvalue weighted by atomic mass is 19.4. The predicted octanol–water partition coefficient (Wildman–Crippen LogP) is -1.38. The van der Waals surface area contributed by atoms with Crippen molar-refractivity contribution in [3.05, 3.63) is 12.7 Å². The van der Waals surface area contributed by atoms with Gasteiger partial charge in [-0.3, -0.25) is 4.57 Å². The van der Waals surface area contributed by atoms with E-state index < -0.39 is 42.5 Å². The predicted molar refractivity (Wildman–Crippen MR) is 93.9 cm³/mol. The number of hydrogen-bond acceptors (Lipinski definition) is 10. The summed E-state index contributed by atoms with van der Waals surface area (Å²) in [6.07, 6.45) is -8.35. The summed E-state index contributed by atoms with van der Waals surface area (Å²) in [6.45, 7) is -0.875. The Hall–Kier alpha value is -2.10. The topological polar surface area (TPSA) is 163 Å². The van der Waals surface area contributed by atoms with Crippen LogP contribution in [0.4, 0.5) is 19.0 Å². The summed E-state index contributed by atoms with van der Waals surface area (Å²) in [5, 5.41) is 39.4. The van der Waals surface area contributed by atoms with Crippen molar-refractivity contribution in [2.45, 2.75) is 48.7 Å². The molecule has 5 atom stereocenters. The standard InChI is InChI=1S/C16H21F3N6O5/c17-16(18,19)15(29)10(28)8(4-26)30-13(15)24-7-23-9-11(24)21-6-22-12(9)25-3-1-2-14(25,20)5-27/h6-8,10,13,26-29H,1-5,20H2/t8?,10?,13?,14?,15-/m1/s1. The minimum absolute atomic E-state index is 0.0812. The van der Waals surface area contributed by atoms with Crippen LogP contribution in [0, 0.1) is 0 Å². The van der Waals surface area contributed by atoms with Crippen molar-refractivity contribution in [1.29, 1.82) is 0 Å². The summed E-state index contributed by atoms with van der Waals surface area (Å²) in [5.41, 5.74) is 1.37. The number of aliphatic hydroxyl groups is 4. The Kier molecular flexibility index (Phi) is 4.91. The molecule has 4 heterocycles. The van der Waals surface area contributed by atoms with E-state index in [0.717, 1.165) is 17.2 Å². The highest BCUT2D eigenvalue weighted by Gasteiger charge is 2.70. The van der Waals surface area contributed by atoms with E-state index in [2.05, 4.69) is 15.0 Å². The Morgan fingerprint density at radius 1 is 1.27 bits per heavy atom. The lowest BCUT2D eigenvalue weighted by Crippen LogP contribution is -2.57. The van der Waals surface area contributed by atoms with Gasteiger partial charge in [-0.05, 0) is 12.8 Å². The maximum Gasteiger partial charge on any atom is 0.424 e. The molecule has 2 saturated heterocycles. The molecule has 14 heteroatoms. The number of fused-ring (bicyclic) bond motifs is 1. The van der Waals surface area contributed by atoms with Gasteiger partial charge in [-0.1, -0.05) is 0 Å². The van der Waals surface area contributed by atoms with Crippen LogP contribution in [0.15, 0.2) is 12.7 Å².